The van der Waals surface area contributed by atoms with Crippen LogP contribution in [0.4, 0.5) is 0 Å². The molecule has 0 aliphatic carbocycles. The second-order valence-corrected chi connectivity index (χ2v) is 5.42. The van der Waals surface area contributed by atoms with Gasteiger partial charge in [-0.05, 0) is 45.2 Å². The number of hydrogen-bond donors (Lipinski definition) is 1. The summed E-state index contributed by atoms with van der Waals surface area (Å²) in [5.74, 6) is 0. The van der Waals surface area contributed by atoms with E-state index >= 15 is 0 Å². The van der Waals surface area contributed by atoms with E-state index in [1.807, 2.05) is 4.57 Å². The Hall–Kier alpha value is 0.190. The zero-order valence-corrected chi connectivity index (χ0v) is 11.8. The summed E-state index contributed by atoms with van der Waals surface area (Å²) in [7, 11) is 0. The molecule has 0 saturated carbocycles. The van der Waals surface area contributed by atoms with Crippen LogP contribution in [0.15, 0.2) is 6.33 Å². The standard InChI is InChI=1S/C6H4I2N4OS/c7-4-5(8)12(2-9-4)6-11-10-3(1-13)14-6/h2,13H,1H2. The summed E-state index contributed by atoms with van der Waals surface area (Å²) in [6.07, 6.45) is 1.70. The van der Waals surface area contributed by atoms with Gasteiger partial charge < -0.3 is 5.11 Å². The fourth-order valence-electron chi connectivity index (χ4n) is 0.851. The first-order chi connectivity index (χ1) is 6.72. The summed E-state index contributed by atoms with van der Waals surface area (Å²) < 4.78 is 3.78. The van der Waals surface area contributed by atoms with Gasteiger partial charge in [0.1, 0.15) is 18.7 Å². The third-order valence-electron chi connectivity index (χ3n) is 1.47. The Morgan fingerprint density at radius 3 is 2.71 bits per heavy atom. The molecule has 0 aliphatic rings. The molecule has 2 rings (SSSR count). The smallest absolute Gasteiger partial charge is 0.218 e. The molecule has 0 aromatic carbocycles. The summed E-state index contributed by atoms with van der Waals surface area (Å²) in [5.41, 5.74) is 0. The van der Waals surface area contributed by atoms with E-state index in [1.54, 1.807) is 6.33 Å². The van der Waals surface area contributed by atoms with Crippen LogP contribution in [0.25, 0.3) is 5.13 Å². The van der Waals surface area contributed by atoms with Crippen molar-refractivity contribution in [3.8, 4) is 5.13 Å². The van der Waals surface area contributed by atoms with Crippen LogP contribution in [-0.2, 0) is 6.61 Å². The molecule has 8 heteroatoms. The van der Waals surface area contributed by atoms with Gasteiger partial charge in [-0.25, -0.2) is 4.98 Å². The van der Waals surface area contributed by atoms with E-state index in [2.05, 4.69) is 60.4 Å². The van der Waals surface area contributed by atoms with E-state index in [0.29, 0.717) is 5.01 Å². The minimum atomic E-state index is -0.0694. The van der Waals surface area contributed by atoms with E-state index in [9.17, 15) is 0 Å². The molecule has 0 unspecified atom stereocenters. The van der Waals surface area contributed by atoms with Gasteiger partial charge >= 0.3 is 0 Å². The van der Waals surface area contributed by atoms with E-state index in [1.165, 1.54) is 11.3 Å². The van der Waals surface area contributed by atoms with Crippen LogP contribution < -0.4 is 0 Å². The van der Waals surface area contributed by atoms with Gasteiger partial charge in [-0.15, -0.1) is 10.2 Å². The highest BCUT2D eigenvalue weighted by Gasteiger charge is 2.11. The highest BCUT2D eigenvalue weighted by atomic mass is 127. The van der Waals surface area contributed by atoms with Crippen LogP contribution in [0.1, 0.15) is 5.01 Å². The van der Waals surface area contributed by atoms with Gasteiger partial charge in [0.15, 0.2) is 0 Å². The number of nitrogens with zero attached hydrogens (tertiary/aromatic N) is 4. The lowest BCUT2D eigenvalue weighted by Crippen LogP contribution is -1.94. The van der Waals surface area contributed by atoms with Crippen LogP contribution in [0, 0.1) is 7.40 Å². The molecule has 74 valence electrons. The molecule has 14 heavy (non-hydrogen) atoms. The normalized spacial score (nSPS) is 10.8. The second kappa shape index (κ2) is 4.37. The van der Waals surface area contributed by atoms with Crippen LogP contribution in [0.5, 0.6) is 0 Å². The molecule has 0 bridgehead atoms. The molecule has 0 amide bonds. The Labute approximate surface area is 111 Å². The third-order valence-corrected chi connectivity index (χ3v) is 5.23. The number of aliphatic hydroxyl groups is 1. The Morgan fingerprint density at radius 2 is 2.21 bits per heavy atom. The lowest BCUT2D eigenvalue weighted by atomic mass is 10.8. The van der Waals surface area contributed by atoms with Gasteiger partial charge in [0.2, 0.25) is 5.13 Å². The summed E-state index contributed by atoms with van der Waals surface area (Å²) in [6.45, 7) is -0.0694. The van der Waals surface area contributed by atoms with Crippen LogP contribution in [-0.4, -0.2) is 24.9 Å². The van der Waals surface area contributed by atoms with Gasteiger partial charge in [-0.2, -0.15) is 0 Å². The Kier molecular flexibility index (Phi) is 3.34. The largest absolute Gasteiger partial charge is 0.389 e. The van der Waals surface area contributed by atoms with Crippen molar-refractivity contribution in [2.75, 3.05) is 0 Å². The van der Waals surface area contributed by atoms with Crippen molar-refractivity contribution >= 4 is 56.5 Å². The average molecular weight is 434 g/mol. The SMILES string of the molecule is OCc1nnc(-n2cnc(I)c2I)s1. The molecule has 0 fully saturated rings. The Balaban J connectivity index is 2.44. The van der Waals surface area contributed by atoms with Gasteiger partial charge in [0, 0.05) is 0 Å². The molecule has 2 aromatic rings. The lowest BCUT2D eigenvalue weighted by molar-refractivity contribution is 0.280. The Morgan fingerprint density at radius 1 is 1.43 bits per heavy atom. The predicted octanol–water partition coefficient (Wildman–Crippen LogP) is 1.43. The number of rotatable bonds is 2. The maximum Gasteiger partial charge on any atom is 0.218 e. The van der Waals surface area contributed by atoms with Crippen molar-refractivity contribution in [1.82, 2.24) is 19.7 Å². The fourth-order valence-corrected chi connectivity index (χ4v) is 2.57. The number of aromatic nitrogens is 4. The molecular weight excluding hydrogens is 430 g/mol. The molecular formula is C6H4I2N4OS. The molecule has 5 nitrogen and oxygen atoms in total. The average Bonchev–Trinajstić information content (AvgIpc) is 2.75. The van der Waals surface area contributed by atoms with Crippen molar-refractivity contribution in [3.63, 3.8) is 0 Å². The van der Waals surface area contributed by atoms with Gasteiger partial charge in [-0.3, -0.25) is 4.57 Å². The van der Waals surface area contributed by atoms with Gasteiger partial charge in [0.25, 0.3) is 0 Å². The molecule has 0 spiro atoms. The maximum atomic E-state index is 8.85. The van der Waals surface area contributed by atoms with Crippen molar-refractivity contribution in [2.24, 2.45) is 0 Å². The first-order valence-electron chi connectivity index (χ1n) is 3.54. The van der Waals surface area contributed by atoms with E-state index in [4.69, 9.17) is 5.11 Å². The van der Waals surface area contributed by atoms with Crippen molar-refractivity contribution in [1.29, 1.82) is 0 Å². The molecule has 0 atom stereocenters. The molecule has 0 aliphatic heterocycles. The zero-order chi connectivity index (χ0) is 10.1. The number of imidazole rings is 1. The predicted molar refractivity (Wildman–Crippen MR) is 68.4 cm³/mol. The fraction of sp³-hybridized carbons (Fsp3) is 0.167. The van der Waals surface area contributed by atoms with Crippen LogP contribution in [0.2, 0.25) is 0 Å². The van der Waals surface area contributed by atoms with Crippen molar-refractivity contribution in [2.45, 2.75) is 6.61 Å². The number of hydrogen-bond acceptors (Lipinski definition) is 5. The molecule has 0 radical (unpaired) electrons. The topological polar surface area (TPSA) is 63.8 Å². The molecule has 0 saturated heterocycles. The minimum absolute atomic E-state index is 0.0694. The summed E-state index contributed by atoms with van der Waals surface area (Å²) in [5, 5.41) is 18.0. The van der Waals surface area contributed by atoms with E-state index < -0.39 is 0 Å². The van der Waals surface area contributed by atoms with Gasteiger partial charge in [0.05, 0.1) is 6.61 Å². The van der Waals surface area contributed by atoms with Crippen molar-refractivity contribution < 1.29 is 5.11 Å². The monoisotopic (exact) mass is 434 g/mol. The zero-order valence-electron chi connectivity index (χ0n) is 6.68. The molecule has 1 N–H and O–H groups in total. The quantitative estimate of drug-likeness (QED) is 0.727. The molecule has 2 heterocycles. The minimum Gasteiger partial charge on any atom is -0.389 e. The summed E-state index contributed by atoms with van der Waals surface area (Å²) >= 11 is 5.71. The second-order valence-electron chi connectivity index (χ2n) is 2.33. The van der Waals surface area contributed by atoms with Crippen molar-refractivity contribution in [3.05, 3.63) is 18.7 Å². The first-order valence-corrected chi connectivity index (χ1v) is 6.51. The number of aliphatic hydroxyl groups excluding tert-OH is 1. The maximum absolute atomic E-state index is 8.85. The van der Waals surface area contributed by atoms with Crippen LogP contribution >= 0.6 is 56.5 Å². The first kappa shape index (κ1) is 10.7. The summed E-state index contributed by atoms with van der Waals surface area (Å²) in [4.78, 5) is 4.15. The van der Waals surface area contributed by atoms with Gasteiger partial charge in [-0.1, -0.05) is 11.3 Å². The van der Waals surface area contributed by atoms with E-state index in [-0.39, 0.29) is 6.61 Å². The summed E-state index contributed by atoms with van der Waals surface area (Å²) in [6, 6.07) is 0. The highest BCUT2D eigenvalue weighted by Crippen LogP contribution is 2.20. The highest BCUT2D eigenvalue weighted by molar-refractivity contribution is 14.1. The number of halogens is 2. The third kappa shape index (κ3) is 1.92. The van der Waals surface area contributed by atoms with E-state index in [0.717, 1.165) is 12.5 Å². The molecule has 2 aromatic heterocycles. The lowest BCUT2D eigenvalue weighted by Gasteiger charge is -1.95. The Bertz CT molecular complexity index is 454. The van der Waals surface area contributed by atoms with Crippen LogP contribution in [0.3, 0.4) is 0 Å².